The number of hydrogen-bond donors (Lipinski definition) is 0. The van der Waals surface area contributed by atoms with E-state index in [0.717, 1.165) is 23.5 Å². The van der Waals surface area contributed by atoms with Gasteiger partial charge in [-0.05, 0) is 44.5 Å². The number of nitrogens with zero attached hydrogens (tertiary/aromatic N) is 1. The maximum absolute atomic E-state index is 12.5. The highest BCUT2D eigenvalue weighted by molar-refractivity contribution is 6.32. The number of carbonyl (C=O) groups excluding carboxylic acids is 1. The van der Waals surface area contributed by atoms with Crippen LogP contribution in [-0.4, -0.2) is 30.7 Å². The van der Waals surface area contributed by atoms with Gasteiger partial charge < -0.3 is 14.0 Å². The van der Waals surface area contributed by atoms with E-state index in [0.29, 0.717) is 22.9 Å². The van der Waals surface area contributed by atoms with Crippen LogP contribution in [0.3, 0.4) is 0 Å². The molecule has 0 N–H and O–H groups in total. The van der Waals surface area contributed by atoms with Gasteiger partial charge in [0.15, 0.2) is 6.61 Å². The summed E-state index contributed by atoms with van der Waals surface area (Å²) >= 11 is 6.09. The van der Waals surface area contributed by atoms with Crippen molar-refractivity contribution in [1.82, 2.24) is 4.57 Å². The standard InChI is InChI=1S/C18H22ClNO3/c1-12-5-6-16(19)18(9-12)23-11-17(21)15-10-13(2)20(14(15)3)7-8-22-4/h5-6,9-10H,7-8,11H2,1-4H3. The Bertz CT molecular complexity index is 707. The quantitative estimate of drug-likeness (QED) is 0.719. The third kappa shape index (κ3) is 4.15. The van der Waals surface area contributed by atoms with Gasteiger partial charge in [-0.25, -0.2) is 0 Å². The van der Waals surface area contributed by atoms with E-state index >= 15 is 0 Å². The van der Waals surface area contributed by atoms with Crippen molar-refractivity contribution in [2.24, 2.45) is 0 Å². The van der Waals surface area contributed by atoms with E-state index in [-0.39, 0.29) is 12.4 Å². The predicted molar refractivity (Wildman–Crippen MR) is 91.8 cm³/mol. The Morgan fingerprint density at radius 3 is 2.65 bits per heavy atom. The summed E-state index contributed by atoms with van der Waals surface area (Å²) in [6.07, 6.45) is 0. The number of aromatic nitrogens is 1. The number of halogens is 1. The number of hydrogen-bond acceptors (Lipinski definition) is 3. The van der Waals surface area contributed by atoms with Crippen molar-refractivity contribution in [3.05, 3.63) is 51.8 Å². The largest absolute Gasteiger partial charge is 0.484 e. The molecule has 2 aromatic rings. The zero-order valence-corrected chi connectivity index (χ0v) is 14.7. The van der Waals surface area contributed by atoms with Gasteiger partial charge in [0, 0.05) is 30.6 Å². The van der Waals surface area contributed by atoms with Gasteiger partial charge in [-0.1, -0.05) is 17.7 Å². The van der Waals surface area contributed by atoms with Gasteiger partial charge in [-0.3, -0.25) is 4.79 Å². The van der Waals surface area contributed by atoms with Crippen LogP contribution in [0.5, 0.6) is 5.75 Å². The molecule has 0 aliphatic heterocycles. The number of rotatable bonds is 7. The number of carbonyl (C=O) groups is 1. The van der Waals surface area contributed by atoms with Crippen LogP contribution in [0.15, 0.2) is 24.3 Å². The molecule has 1 aromatic carbocycles. The lowest BCUT2D eigenvalue weighted by atomic mass is 10.1. The molecule has 0 saturated heterocycles. The molecule has 0 unspecified atom stereocenters. The maximum atomic E-state index is 12.5. The SMILES string of the molecule is COCCn1c(C)cc(C(=O)COc2cc(C)ccc2Cl)c1C. The molecule has 2 rings (SSSR count). The summed E-state index contributed by atoms with van der Waals surface area (Å²) in [5.41, 5.74) is 3.69. The van der Waals surface area contributed by atoms with E-state index in [9.17, 15) is 4.79 Å². The minimum atomic E-state index is -0.0562. The van der Waals surface area contributed by atoms with Gasteiger partial charge in [-0.2, -0.15) is 0 Å². The summed E-state index contributed by atoms with van der Waals surface area (Å²) < 4.78 is 12.8. The van der Waals surface area contributed by atoms with Crippen LogP contribution in [0.1, 0.15) is 27.3 Å². The molecule has 5 heteroatoms. The lowest BCUT2D eigenvalue weighted by Gasteiger charge is -2.10. The molecule has 1 heterocycles. The minimum absolute atomic E-state index is 0.0300. The van der Waals surface area contributed by atoms with Crippen molar-refractivity contribution >= 4 is 17.4 Å². The first-order valence-electron chi connectivity index (χ1n) is 7.52. The number of Topliss-reactive ketones (excluding diaryl/α,β-unsaturated/α-hetero) is 1. The second-order valence-corrected chi connectivity index (χ2v) is 5.98. The number of methoxy groups -OCH3 is 1. The lowest BCUT2D eigenvalue weighted by Crippen LogP contribution is -2.14. The van der Waals surface area contributed by atoms with Crippen molar-refractivity contribution in [1.29, 1.82) is 0 Å². The van der Waals surface area contributed by atoms with E-state index in [1.807, 2.05) is 39.0 Å². The zero-order valence-electron chi connectivity index (χ0n) is 14.0. The fraction of sp³-hybridized carbons (Fsp3) is 0.389. The monoisotopic (exact) mass is 335 g/mol. The summed E-state index contributed by atoms with van der Waals surface area (Å²) in [6, 6.07) is 7.40. The van der Waals surface area contributed by atoms with Crippen LogP contribution >= 0.6 is 11.6 Å². The Kier molecular flexibility index (Phi) is 5.85. The predicted octanol–water partition coefficient (Wildman–Crippen LogP) is 3.97. The molecule has 0 radical (unpaired) electrons. The van der Waals surface area contributed by atoms with Gasteiger partial charge in [0.25, 0.3) is 0 Å². The van der Waals surface area contributed by atoms with Crippen LogP contribution in [0, 0.1) is 20.8 Å². The summed E-state index contributed by atoms with van der Waals surface area (Å²) in [5, 5.41) is 0.508. The van der Waals surface area contributed by atoms with E-state index < -0.39 is 0 Å². The average molecular weight is 336 g/mol. The molecule has 0 aliphatic carbocycles. The highest BCUT2D eigenvalue weighted by Gasteiger charge is 2.16. The normalized spacial score (nSPS) is 10.8. The molecular weight excluding hydrogens is 314 g/mol. The first-order chi connectivity index (χ1) is 10.9. The first kappa shape index (κ1) is 17.6. The molecule has 0 aliphatic rings. The van der Waals surface area contributed by atoms with Gasteiger partial charge in [-0.15, -0.1) is 0 Å². The Hall–Kier alpha value is -1.78. The molecule has 0 saturated carbocycles. The molecule has 0 fully saturated rings. The number of ether oxygens (including phenoxy) is 2. The molecule has 0 spiro atoms. The first-order valence-corrected chi connectivity index (χ1v) is 7.89. The van der Waals surface area contributed by atoms with Crippen LogP contribution in [0.2, 0.25) is 5.02 Å². The second-order valence-electron chi connectivity index (χ2n) is 5.57. The van der Waals surface area contributed by atoms with Crippen molar-refractivity contribution in [3.8, 4) is 5.75 Å². The highest BCUT2D eigenvalue weighted by atomic mass is 35.5. The van der Waals surface area contributed by atoms with Crippen molar-refractivity contribution < 1.29 is 14.3 Å². The Morgan fingerprint density at radius 1 is 1.22 bits per heavy atom. The Labute approximate surface area is 142 Å². The topological polar surface area (TPSA) is 40.5 Å². The minimum Gasteiger partial charge on any atom is -0.484 e. The van der Waals surface area contributed by atoms with Crippen molar-refractivity contribution in [2.45, 2.75) is 27.3 Å². The summed E-state index contributed by atoms with van der Waals surface area (Å²) in [6.45, 7) is 7.19. The third-order valence-corrected chi connectivity index (χ3v) is 4.15. The van der Waals surface area contributed by atoms with Crippen LogP contribution in [0.25, 0.3) is 0 Å². The fourth-order valence-corrected chi connectivity index (χ4v) is 2.72. The molecule has 23 heavy (non-hydrogen) atoms. The average Bonchev–Trinajstić information content (AvgIpc) is 2.80. The van der Waals surface area contributed by atoms with Gasteiger partial charge in [0.1, 0.15) is 5.75 Å². The third-order valence-electron chi connectivity index (χ3n) is 3.84. The molecule has 124 valence electrons. The van der Waals surface area contributed by atoms with E-state index in [2.05, 4.69) is 4.57 Å². The fourth-order valence-electron chi connectivity index (χ4n) is 2.55. The number of ketones is 1. The van der Waals surface area contributed by atoms with Crippen LogP contribution in [0.4, 0.5) is 0 Å². The smallest absolute Gasteiger partial charge is 0.202 e. The molecule has 4 nitrogen and oxygen atoms in total. The Balaban J connectivity index is 2.10. The zero-order chi connectivity index (χ0) is 17.0. The Morgan fingerprint density at radius 2 is 1.96 bits per heavy atom. The summed E-state index contributed by atoms with van der Waals surface area (Å²) in [4.78, 5) is 12.5. The molecule has 0 atom stereocenters. The van der Waals surface area contributed by atoms with Crippen molar-refractivity contribution in [3.63, 3.8) is 0 Å². The summed E-state index contributed by atoms with van der Waals surface area (Å²) in [5.74, 6) is 0.479. The molecule has 0 amide bonds. The highest BCUT2D eigenvalue weighted by Crippen LogP contribution is 2.25. The van der Waals surface area contributed by atoms with E-state index in [1.165, 1.54) is 0 Å². The number of benzene rings is 1. The van der Waals surface area contributed by atoms with Gasteiger partial charge in [0.05, 0.1) is 11.6 Å². The maximum Gasteiger partial charge on any atom is 0.202 e. The molecule has 1 aromatic heterocycles. The number of aryl methyl sites for hydroxylation is 2. The van der Waals surface area contributed by atoms with Crippen LogP contribution in [-0.2, 0) is 11.3 Å². The van der Waals surface area contributed by atoms with Crippen molar-refractivity contribution in [2.75, 3.05) is 20.3 Å². The van der Waals surface area contributed by atoms with E-state index in [4.69, 9.17) is 21.1 Å². The molecular formula is C18H22ClNO3. The van der Waals surface area contributed by atoms with Gasteiger partial charge >= 0.3 is 0 Å². The van der Waals surface area contributed by atoms with Crippen LogP contribution < -0.4 is 4.74 Å². The second kappa shape index (κ2) is 7.66. The van der Waals surface area contributed by atoms with Gasteiger partial charge in [0.2, 0.25) is 5.78 Å². The lowest BCUT2D eigenvalue weighted by molar-refractivity contribution is 0.0920. The van der Waals surface area contributed by atoms with E-state index in [1.54, 1.807) is 13.2 Å². The summed E-state index contributed by atoms with van der Waals surface area (Å²) in [7, 11) is 1.67. The molecule has 0 bridgehead atoms.